The summed E-state index contributed by atoms with van der Waals surface area (Å²) in [7, 11) is 1.81. The van der Waals surface area contributed by atoms with E-state index < -0.39 is 11.7 Å². The minimum Gasteiger partial charge on any atom is -0.352 e. The molecule has 0 aliphatic heterocycles. The number of aryl methyl sites for hydroxylation is 1. The maximum absolute atomic E-state index is 14.3. The lowest BCUT2D eigenvalue weighted by Gasteiger charge is -2.04. The second kappa shape index (κ2) is 7.22. The SMILES string of the molecule is CCNC(=O)c1ccc(-c2nc(Cc3ccc4[nH]ncc4c3)n(C)n2)cc1F. The quantitative estimate of drug-likeness (QED) is 0.559. The normalized spacial score (nSPS) is 11.1. The standard InChI is InChI=1S/C20H19FN6O/c1-3-22-20(28)15-6-5-13(10-16(15)21)19-24-18(27(2)26-19)9-12-4-7-17-14(8-12)11-23-25-17/h4-8,10-11H,3,9H2,1-2H3,(H,22,28)(H,23,25). The number of hydrogen-bond donors (Lipinski definition) is 2. The van der Waals surface area contributed by atoms with E-state index in [4.69, 9.17) is 0 Å². The van der Waals surface area contributed by atoms with Crippen LogP contribution in [0.1, 0.15) is 28.7 Å². The van der Waals surface area contributed by atoms with Gasteiger partial charge in [0.1, 0.15) is 11.6 Å². The van der Waals surface area contributed by atoms with Crippen LogP contribution >= 0.6 is 0 Å². The number of aromatic amines is 1. The van der Waals surface area contributed by atoms with Gasteiger partial charge >= 0.3 is 0 Å². The van der Waals surface area contributed by atoms with Gasteiger partial charge in [0, 0.05) is 31.0 Å². The Labute approximate surface area is 160 Å². The fourth-order valence-electron chi connectivity index (χ4n) is 3.07. The molecule has 4 rings (SSSR count). The summed E-state index contributed by atoms with van der Waals surface area (Å²) >= 11 is 0. The van der Waals surface area contributed by atoms with Gasteiger partial charge in [0.15, 0.2) is 5.82 Å². The lowest BCUT2D eigenvalue weighted by molar-refractivity contribution is 0.0952. The molecule has 4 aromatic rings. The second-order valence-corrected chi connectivity index (χ2v) is 6.50. The highest BCUT2D eigenvalue weighted by Gasteiger charge is 2.15. The van der Waals surface area contributed by atoms with E-state index in [0.717, 1.165) is 22.3 Å². The number of H-pyrrole nitrogens is 1. The van der Waals surface area contributed by atoms with E-state index >= 15 is 0 Å². The first kappa shape index (κ1) is 17.8. The zero-order valence-electron chi connectivity index (χ0n) is 15.5. The van der Waals surface area contributed by atoms with Gasteiger partial charge in [0.05, 0.1) is 17.3 Å². The summed E-state index contributed by atoms with van der Waals surface area (Å²) in [5.41, 5.74) is 2.59. The number of aromatic nitrogens is 5. The van der Waals surface area contributed by atoms with Gasteiger partial charge in [-0.3, -0.25) is 14.6 Å². The Balaban J connectivity index is 1.60. The molecule has 28 heavy (non-hydrogen) atoms. The molecule has 7 nitrogen and oxygen atoms in total. The van der Waals surface area contributed by atoms with E-state index in [9.17, 15) is 9.18 Å². The molecule has 0 saturated heterocycles. The highest BCUT2D eigenvalue weighted by molar-refractivity contribution is 5.94. The van der Waals surface area contributed by atoms with Crippen molar-refractivity contribution in [3.8, 4) is 11.4 Å². The number of amides is 1. The number of hydrogen-bond acceptors (Lipinski definition) is 4. The third kappa shape index (κ3) is 3.36. The molecule has 0 spiro atoms. The smallest absolute Gasteiger partial charge is 0.254 e. The molecule has 0 fully saturated rings. The molecule has 0 bridgehead atoms. The van der Waals surface area contributed by atoms with Crippen molar-refractivity contribution in [2.45, 2.75) is 13.3 Å². The van der Waals surface area contributed by atoms with Gasteiger partial charge in [-0.25, -0.2) is 9.37 Å². The largest absolute Gasteiger partial charge is 0.352 e. The molecule has 2 N–H and O–H groups in total. The lowest BCUT2D eigenvalue weighted by atomic mass is 10.1. The summed E-state index contributed by atoms with van der Waals surface area (Å²) in [4.78, 5) is 16.4. The van der Waals surface area contributed by atoms with Crippen molar-refractivity contribution in [1.29, 1.82) is 0 Å². The molecule has 0 atom stereocenters. The molecule has 2 aromatic carbocycles. The van der Waals surface area contributed by atoms with E-state index in [-0.39, 0.29) is 5.56 Å². The van der Waals surface area contributed by atoms with Gasteiger partial charge in [-0.15, -0.1) is 0 Å². The summed E-state index contributed by atoms with van der Waals surface area (Å²) in [5, 5.41) is 15.0. The maximum atomic E-state index is 14.3. The van der Waals surface area contributed by atoms with Crippen molar-refractivity contribution in [3.63, 3.8) is 0 Å². The molecule has 0 aliphatic rings. The Morgan fingerprint density at radius 3 is 2.89 bits per heavy atom. The van der Waals surface area contributed by atoms with Crippen LogP contribution in [0.5, 0.6) is 0 Å². The van der Waals surface area contributed by atoms with Gasteiger partial charge in [-0.05, 0) is 36.8 Å². The van der Waals surface area contributed by atoms with Crippen LogP contribution in [0.2, 0.25) is 0 Å². The molecule has 0 unspecified atom stereocenters. The van der Waals surface area contributed by atoms with Crippen molar-refractivity contribution < 1.29 is 9.18 Å². The predicted octanol–water partition coefficient (Wildman–Crippen LogP) is 2.84. The molecule has 2 heterocycles. The van der Waals surface area contributed by atoms with Crippen molar-refractivity contribution in [3.05, 3.63) is 65.4 Å². The average Bonchev–Trinajstić information content (AvgIpc) is 3.28. The van der Waals surface area contributed by atoms with Crippen molar-refractivity contribution in [2.75, 3.05) is 6.54 Å². The Bertz CT molecular complexity index is 1160. The van der Waals surface area contributed by atoms with E-state index in [1.807, 2.05) is 25.2 Å². The van der Waals surface area contributed by atoms with Crippen LogP contribution < -0.4 is 5.32 Å². The lowest BCUT2D eigenvalue weighted by Crippen LogP contribution is -2.23. The number of halogens is 1. The summed E-state index contributed by atoms with van der Waals surface area (Å²) in [5.74, 6) is 0.146. The van der Waals surface area contributed by atoms with Crippen LogP contribution in [0.15, 0.2) is 42.6 Å². The zero-order valence-corrected chi connectivity index (χ0v) is 15.5. The Kier molecular flexibility index (Phi) is 4.60. The number of benzene rings is 2. The highest BCUT2D eigenvalue weighted by Crippen LogP contribution is 2.21. The van der Waals surface area contributed by atoms with Gasteiger partial charge in [-0.2, -0.15) is 10.2 Å². The van der Waals surface area contributed by atoms with Gasteiger partial charge in [-0.1, -0.05) is 12.1 Å². The van der Waals surface area contributed by atoms with Gasteiger partial charge in [0.25, 0.3) is 5.91 Å². The minimum absolute atomic E-state index is 0.00942. The van der Waals surface area contributed by atoms with Crippen LogP contribution in [-0.2, 0) is 13.5 Å². The van der Waals surface area contributed by atoms with E-state index in [2.05, 4.69) is 25.6 Å². The Morgan fingerprint density at radius 1 is 1.25 bits per heavy atom. The number of carbonyl (C=O) groups is 1. The molecular weight excluding hydrogens is 359 g/mol. The molecule has 142 valence electrons. The Morgan fingerprint density at radius 2 is 2.11 bits per heavy atom. The first-order valence-electron chi connectivity index (χ1n) is 8.95. The number of nitrogens with zero attached hydrogens (tertiary/aromatic N) is 4. The molecule has 0 saturated carbocycles. The number of carbonyl (C=O) groups excluding carboxylic acids is 1. The zero-order chi connectivity index (χ0) is 19.7. The molecule has 2 aromatic heterocycles. The molecular formula is C20H19FN6O. The van der Waals surface area contributed by atoms with E-state index in [0.29, 0.717) is 24.4 Å². The third-order valence-electron chi connectivity index (χ3n) is 4.53. The third-order valence-corrected chi connectivity index (χ3v) is 4.53. The first-order chi connectivity index (χ1) is 13.5. The Hall–Kier alpha value is -3.55. The average molecular weight is 378 g/mol. The van der Waals surface area contributed by atoms with Crippen molar-refractivity contribution >= 4 is 16.8 Å². The fraction of sp³-hybridized carbons (Fsp3) is 0.200. The number of fused-ring (bicyclic) bond motifs is 1. The first-order valence-corrected chi connectivity index (χ1v) is 8.95. The van der Waals surface area contributed by atoms with Crippen LogP contribution in [0, 0.1) is 5.82 Å². The van der Waals surface area contributed by atoms with Gasteiger partial charge < -0.3 is 5.32 Å². The van der Waals surface area contributed by atoms with Crippen LogP contribution in [-0.4, -0.2) is 37.4 Å². The maximum Gasteiger partial charge on any atom is 0.254 e. The highest BCUT2D eigenvalue weighted by atomic mass is 19.1. The van der Waals surface area contributed by atoms with Crippen LogP contribution in [0.4, 0.5) is 4.39 Å². The number of nitrogens with one attached hydrogen (secondary N) is 2. The van der Waals surface area contributed by atoms with Crippen molar-refractivity contribution in [1.82, 2.24) is 30.3 Å². The second-order valence-electron chi connectivity index (χ2n) is 6.50. The number of rotatable bonds is 5. The summed E-state index contributed by atoms with van der Waals surface area (Å²) in [6.07, 6.45) is 2.37. The summed E-state index contributed by atoms with van der Waals surface area (Å²) in [6.45, 7) is 2.23. The monoisotopic (exact) mass is 378 g/mol. The van der Waals surface area contributed by atoms with E-state index in [1.165, 1.54) is 12.1 Å². The van der Waals surface area contributed by atoms with Gasteiger partial charge in [0.2, 0.25) is 0 Å². The van der Waals surface area contributed by atoms with E-state index in [1.54, 1.807) is 23.9 Å². The molecule has 0 radical (unpaired) electrons. The predicted molar refractivity (Wildman–Crippen MR) is 103 cm³/mol. The topological polar surface area (TPSA) is 88.5 Å². The van der Waals surface area contributed by atoms with Crippen LogP contribution in [0.25, 0.3) is 22.3 Å². The minimum atomic E-state index is -0.595. The van der Waals surface area contributed by atoms with Crippen LogP contribution in [0.3, 0.4) is 0 Å². The van der Waals surface area contributed by atoms with Crippen molar-refractivity contribution in [2.24, 2.45) is 7.05 Å². The molecule has 1 amide bonds. The molecule has 8 heteroatoms. The summed E-state index contributed by atoms with van der Waals surface area (Å²) in [6, 6.07) is 10.4. The molecule has 0 aliphatic carbocycles. The fourth-order valence-corrected chi connectivity index (χ4v) is 3.07. The summed E-state index contributed by atoms with van der Waals surface area (Å²) < 4.78 is 16.0.